The summed E-state index contributed by atoms with van der Waals surface area (Å²) in [6.45, 7) is 2.44. The maximum absolute atomic E-state index is 13.1. The first-order valence-corrected chi connectivity index (χ1v) is 12.3. The summed E-state index contributed by atoms with van der Waals surface area (Å²) in [7, 11) is -7.89. The van der Waals surface area contributed by atoms with Gasteiger partial charge < -0.3 is 14.9 Å². The number of benzene rings is 1. The highest BCUT2D eigenvalue weighted by Gasteiger charge is 2.47. The lowest BCUT2D eigenvalue weighted by Gasteiger charge is -2.42. The van der Waals surface area contributed by atoms with Crippen molar-refractivity contribution in [3.05, 3.63) is 24.3 Å². The molecule has 0 radical (unpaired) electrons. The maximum atomic E-state index is 13.1. The van der Waals surface area contributed by atoms with Gasteiger partial charge in [-0.15, -0.1) is 0 Å². The quantitative estimate of drug-likeness (QED) is 0.544. The molecular formula is C18H24N2O8S2. The zero-order valence-corrected chi connectivity index (χ0v) is 18.4. The van der Waals surface area contributed by atoms with Gasteiger partial charge in [-0.3, -0.25) is 4.79 Å². The molecule has 0 aliphatic carbocycles. The fraction of sp³-hybridized carbons (Fsp3) is 0.500. The van der Waals surface area contributed by atoms with Gasteiger partial charge in [-0.05, 0) is 38.1 Å². The van der Waals surface area contributed by atoms with Crippen molar-refractivity contribution in [2.75, 3.05) is 26.0 Å². The number of aliphatic hydroxyl groups excluding tert-OH is 1. The van der Waals surface area contributed by atoms with Crippen molar-refractivity contribution >= 4 is 26.0 Å². The highest BCUT2D eigenvalue weighted by atomic mass is 32.2. The Morgan fingerprint density at radius 2 is 1.77 bits per heavy atom. The van der Waals surface area contributed by atoms with Gasteiger partial charge in [0, 0.05) is 19.1 Å². The molecule has 12 heteroatoms. The molecule has 1 aromatic rings. The number of aliphatic carboxylic acids is 1. The van der Waals surface area contributed by atoms with Gasteiger partial charge in [-0.1, -0.05) is 11.8 Å². The Kier molecular flexibility index (Phi) is 7.49. The van der Waals surface area contributed by atoms with Crippen molar-refractivity contribution in [2.45, 2.75) is 36.9 Å². The lowest BCUT2D eigenvalue weighted by atomic mass is 10.1. The van der Waals surface area contributed by atoms with Gasteiger partial charge in [-0.25, -0.2) is 16.8 Å². The highest BCUT2D eigenvalue weighted by molar-refractivity contribution is 7.89. The summed E-state index contributed by atoms with van der Waals surface area (Å²) in [6.07, 6.45) is 0.172. The number of rotatable bonds is 6. The molecule has 1 heterocycles. The topological polar surface area (TPSA) is 142 Å². The van der Waals surface area contributed by atoms with Crippen LogP contribution in [0, 0.1) is 11.8 Å². The second kappa shape index (κ2) is 9.32. The van der Waals surface area contributed by atoms with Gasteiger partial charge in [0.25, 0.3) is 0 Å². The molecule has 1 aromatic carbocycles. The molecule has 2 N–H and O–H groups in total. The Morgan fingerprint density at radius 3 is 2.27 bits per heavy atom. The fourth-order valence-electron chi connectivity index (χ4n) is 3.16. The molecule has 2 rings (SSSR count). The van der Waals surface area contributed by atoms with Crippen LogP contribution in [0.4, 0.5) is 0 Å². The van der Waals surface area contributed by atoms with E-state index in [0.717, 1.165) is 14.9 Å². The van der Waals surface area contributed by atoms with E-state index in [4.69, 9.17) is 9.84 Å². The predicted octanol–water partition coefficient (Wildman–Crippen LogP) is -0.443. The smallest absolute Gasteiger partial charge is 0.323 e. The van der Waals surface area contributed by atoms with E-state index >= 15 is 0 Å². The number of ether oxygens (including phenoxy) is 1. The summed E-state index contributed by atoms with van der Waals surface area (Å²) in [5, 5.41) is 18.7. The number of hydrogen-bond donors (Lipinski definition) is 2. The predicted molar refractivity (Wildman–Crippen MR) is 108 cm³/mol. The number of aliphatic hydroxyl groups is 1. The van der Waals surface area contributed by atoms with Crippen LogP contribution in [0.5, 0.6) is 5.75 Å². The molecule has 3 atom stereocenters. The van der Waals surface area contributed by atoms with Crippen LogP contribution in [0.1, 0.15) is 13.8 Å². The van der Waals surface area contributed by atoms with E-state index < -0.39 is 44.2 Å². The van der Waals surface area contributed by atoms with Gasteiger partial charge in [0.2, 0.25) is 20.0 Å². The second-order valence-electron chi connectivity index (χ2n) is 6.77. The third kappa shape index (κ3) is 5.50. The molecular weight excluding hydrogens is 436 g/mol. The zero-order chi connectivity index (χ0) is 22.7. The monoisotopic (exact) mass is 460 g/mol. The van der Waals surface area contributed by atoms with E-state index in [0.29, 0.717) is 5.75 Å². The van der Waals surface area contributed by atoms with Gasteiger partial charge in [0.15, 0.2) is 0 Å². The van der Waals surface area contributed by atoms with Crippen LogP contribution in [0.2, 0.25) is 0 Å². The third-order valence-electron chi connectivity index (χ3n) is 4.49. The van der Waals surface area contributed by atoms with Gasteiger partial charge in [0.05, 0.1) is 11.2 Å². The standard InChI is InChI=1S/C18H24N2O8S2/c1-13(21)5-4-12-28-15-6-8-16(9-7-15)30(26,27)20-11-10-19(29(3,24)25)14(2)17(20)18(22)23/h6-9,13-14,17,21H,10-12H2,1-3H3,(H,22,23). The minimum Gasteiger partial charge on any atom is -0.481 e. The maximum Gasteiger partial charge on any atom is 0.323 e. The highest BCUT2D eigenvalue weighted by Crippen LogP contribution is 2.27. The van der Waals surface area contributed by atoms with Crippen molar-refractivity contribution < 1.29 is 36.6 Å². The molecule has 0 bridgehead atoms. The molecule has 10 nitrogen and oxygen atoms in total. The van der Waals surface area contributed by atoms with E-state index in [1.54, 1.807) is 0 Å². The van der Waals surface area contributed by atoms with Crippen LogP contribution in [-0.2, 0) is 24.8 Å². The number of hydrogen-bond acceptors (Lipinski definition) is 7. The minimum atomic E-state index is -4.20. The summed E-state index contributed by atoms with van der Waals surface area (Å²) < 4.78 is 57.0. The summed E-state index contributed by atoms with van der Waals surface area (Å²) in [4.78, 5) is 11.7. The minimum absolute atomic E-state index is 0.00303. The Bertz CT molecular complexity index is 1040. The van der Waals surface area contributed by atoms with E-state index in [2.05, 4.69) is 11.8 Å². The zero-order valence-electron chi connectivity index (χ0n) is 16.7. The summed E-state index contributed by atoms with van der Waals surface area (Å²) in [5.41, 5.74) is 0. The molecule has 1 aliphatic rings. The Hall–Kier alpha value is -2.17. The lowest BCUT2D eigenvalue weighted by Crippen LogP contribution is -2.63. The number of nitrogens with zero attached hydrogens (tertiary/aromatic N) is 2. The second-order valence-corrected chi connectivity index (χ2v) is 10.6. The van der Waals surface area contributed by atoms with E-state index in [-0.39, 0.29) is 24.6 Å². The third-order valence-corrected chi connectivity index (χ3v) is 7.76. The number of carbonyl (C=O) groups is 1. The van der Waals surface area contributed by atoms with Crippen molar-refractivity contribution in [3.63, 3.8) is 0 Å². The Morgan fingerprint density at radius 1 is 1.20 bits per heavy atom. The van der Waals surface area contributed by atoms with Gasteiger partial charge in [-0.2, -0.15) is 8.61 Å². The van der Waals surface area contributed by atoms with Crippen molar-refractivity contribution in [1.82, 2.24) is 8.61 Å². The largest absolute Gasteiger partial charge is 0.481 e. The first-order chi connectivity index (χ1) is 13.9. The molecule has 166 valence electrons. The molecule has 30 heavy (non-hydrogen) atoms. The average Bonchev–Trinajstić information content (AvgIpc) is 2.63. The normalized spacial score (nSPS) is 22.0. The summed E-state index contributed by atoms with van der Waals surface area (Å²) >= 11 is 0. The van der Waals surface area contributed by atoms with Crippen molar-refractivity contribution in [3.8, 4) is 17.6 Å². The average molecular weight is 461 g/mol. The number of piperazine rings is 1. The van der Waals surface area contributed by atoms with Gasteiger partial charge >= 0.3 is 5.97 Å². The van der Waals surface area contributed by atoms with Crippen molar-refractivity contribution in [1.29, 1.82) is 0 Å². The molecule has 1 saturated heterocycles. The van der Waals surface area contributed by atoms with Crippen LogP contribution in [-0.4, -0.2) is 85.8 Å². The molecule has 3 unspecified atom stereocenters. The number of sulfonamides is 2. The van der Waals surface area contributed by atoms with Crippen LogP contribution in [0.3, 0.4) is 0 Å². The number of carboxylic acids is 1. The van der Waals surface area contributed by atoms with Crippen LogP contribution >= 0.6 is 0 Å². The van der Waals surface area contributed by atoms with Crippen molar-refractivity contribution in [2.24, 2.45) is 0 Å². The van der Waals surface area contributed by atoms with E-state index in [1.807, 2.05) is 0 Å². The first-order valence-electron chi connectivity index (χ1n) is 8.96. The molecule has 1 fully saturated rings. The van der Waals surface area contributed by atoms with E-state index in [9.17, 15) is 26.7 Å². The first kappa shape index (κ1) is 24.1. The molecule has 0 amide bonds. The van der Waals surface area contributed by atoms with Crippen LogP contribution in [0.15, 0.2) is 29.2 Å². The lowest BCUT2D eigenvalue weighted by molar-refractivity contribution is -0.144. The van der Waals surface area contributed by atoms with Crippen LogP contribution < -0.4 is 4.74 Å². The Balaban J connectivity index is 2.25. The molecule has 0 aromatic heterocycles. The number of carboxylic acid groups (broad SMARTS) is 1. The SMILES string of the molecule is CC(O)C#CCOc1ccc(S(=O)(=O)N2CCN(S(C)(=O)=O)C(C)C2C(=O)O)cc1. The van der Waals surface area contributed by atoms with Crippen LogP contribution in [0.25, 0.3) is 0 Å². The fourth-order valence-corrected chi connectivity index (χ4v) is 5.93. The summed E-state index contributed by atoms with van der Waals surface area (Å²) in [5.74, 6) is 4.02. The van der Waals surface area contributed by atoms with Gasteiger partial charge in [0.1, 0.15) is 24.5 Å². The molecule has 0 saturated carbocycles. The molecule has 1 aliphatic heterocycles. The Labute approximate surface area is 176 Å². The molecule has 0 spiro atoms. The van der Waals surface area contributed by atoms with E-state index in [1.165, 1.54) is 38.1 Å². The summed E-state index contributed by atoms with van der Waals surface area (Å²) in [6, 6.07) is 2.73.